The van der Waals surface area contributed by atoms with Crippen molar-refractivity contribution in [2.45, 2.75) is 50.2 Å². The van der Waals surface area contributed by atoms with E-state index in [4.69, 9.17) is 11.6 Å². The molecule has 3 aliphatic rings. The number of hydrogen-bond acceptors (Lipinski definition) is 3. The van der Waals surface area contributed by atoms with Gasteiger partial charge in [0.1, 0.15) is 4.75 Å². The molecule has 4 atom stereocenters. The molecule has 0 aromatic heterocycles. The fraction of sp³-hybridized carbons (Fsp3) is 0.600. The van der Waals surface area contributed by atoms with Crippen LogP contribution in [0.2, 0.25) is 5.02 Å². The fourth-order valence-electron chi connectivity index (χ4n) is 4.70. The summed E-state index contributed by atoms with van der Waals surface area (Å²) >= 11 is 7.72. The number of carbonyl (C=O) groups excluding carboxylic acids is 1. The predicted molar refractivity (Wildman–Crippen MR) is 107 cm³/mol. The van der Waals surface area contributed by atoms with Gasteiger partial charge < -0.3 is 5.32 Å². The third-order valence-corrected chi connectivity index (χ3v) is 7.66. The van der Waals surface area contributed by atoms with E-state index in [1.165, 1.54) is 25.7 Å². The minimum Gasteiger partial charge on any atom is -0.385 e. The van der Waals surface area contributed by atoms with Gasteiger partial charge in [-0.3, -0.25) is 4.79 Å². The number of anilines is 1. The lowest BCUT2D eigenvalue weighted by Gasteiger charge is -2.23. The number of carbonyl (C=O) groups is 1. The van der Waals surface area contributed by atoms with E-state index in [-0.39, 0.29) is 5.91 Å². The number of aliphatic imine (C=N–C) groups is 1. The molecule has 1 aliphatic heterocycles. The summed E-state index contributed by atoms with van der Waals surface area (Å²) in [5, 5.41) is 5.17. The van der Waals surface area contributed by atoms with Crippen LogP contribution in [0.25, 0.3) is 0 Å². The normalized spacial score (nSPS) is 33.8. The predicted octanol–water partition coefficient (Wildman–Crippen LogP) is 5.40. The van der Waals surface area contributed by atoms with Crippen molar-refractivity contribution in [3.05, 3.63) is 29.3 Å². The molecule has 1 aromatic carbocycles. The Balaban J connectivity index is 1.29. The molecule has 4 unspecified atom stereocenters. The van der Waals surface area contributed by atoms with Crippen LogP contribution in [0.5, 0.6) is 0 Å². The zero-order valence-electron chi connectivity index (χ0n) is 14.6. The van der Waals surface area contributed by atoms with Crippen LogP contribution in [0.4, 0.5) is 5.69 Å². The summed E-state index contributed by atoms with van der Waals surface area (Å²) in [6.45, 7) is 2.78. The van der Waals surface area contributed by atoms with Gasteiger partial charge in [-0.05, 0) is 75.0 Å². The molecule has 0 radical (unpaired) electrons. The largest absolute Gasteiger partial charge is 0.385 e. The number of amides is 1. The number of halogens is 1. The van der Waals surface area contributed by atoms with Gasteiger partial charge in [0.2, 0.25) is 0 Å². The van der Waals surface area contributed by atoms with Gasteiger partial charge in [-0.25, -0.2) is 4.99 Å². The van der Waals surface area contributed by atoms with Gasteiger partial charge in [-0.15, -0.1) is 0 Å². The number of benzene rings is 1. The first kappa shape index (κ1) is 17.4. The van der Waals surface area contributed by atoms with Crippen LogP contribution in [0.3, 0.4) is 0 Å². The average Bonchev–Trinajstić information content (AvgIpc) is 3.23. The van der Waals surface area contributed by atoms with E-state index in [1.807, 2.05) is 31.2 Å². The highest BCUT2D eigenvalue weighted by Crippen LogP contribution is 2.51. The molecule has 0 saturated heterocycles. The van der Waals surface area contributed by atoms with E-state index >= 15 is 0 Å². The van der Waals surface area contributed by atoms with Crippen LogP contribution >= 0.6 is 23.4 Å². The summed E-state index contributed by atoms with van der Waals surface area (Å²) < 4.78 is -0.418. The Kier molecular flexibility index (Phi) is 4.85. The minimum absolute atomic E-state index is 0.0450. The molecule has 1 amide bonds. The quantitative estimate of drug-likeness (QED) is 0.722. The summed E-state index contributed by atoms with van der Waals surface area (Å²) in [4.78, 5) is 16.9. The average molecular weight is 377 g/mol. The van der Waals surface area contributed by atoms with Gasteiger partial charge in [0, 0.05) is 17.3 Å². The van der Waals surface area contributed by atoms with Crippen molar-refractivity contribution in [1.29, 1.82) is 0 Å². The molecule has 2 bridgehead atoms. The number of rotatable bonds is 6. The van der Waals surface area contributed by atoms with Crippen molar-refractivity contribution < 1.29 is 4.79 Å². The topological polar surface area (TPSA) is 41.5 Å². The maximum Gasteiger partial charge on any atom is 0.262 e. The second kappa shape index (κ2) is 6.96. The minimum atomic E-state index is -0.418. The van der Waals surface area contributed by atoms with E-state index in [0.29, 0.717) is 0 Å². The Hall–Kier alpha value is -1.00. The zero-order chi connectivity index (χ0) is 17.4. The molecule has 5 heteroatoms. The fourth-order valence-corrected chi connectivity index (χ4v) is 6.17. The maximum atomic E-state index is 12.5. The Bertz CT molecular complexity index is 707. The second-order valence-electron chi connectivity index (χ2n) is 7.97. The standard InChI is InChI=1S/C20H25ClN2OS/c1-20(7-8-22-17-4-2-3-16(21)12-17)19(24)23-18(25-20)11-15-10-13-5-6-14(15)9-13/h2-4,12-15,22H,5-11H2,1H3. The van der Waals surface area contributed by atoms with Crippen molar-refractivity contribution in [1.82, 2.24) is 0 Å². The molecule has 1 N–H and O–H groups in total. The highest BCUT2D eigenvalue weighted by molar-refractivity contribution is 8.16. The van der Waals surface area contributed by atoms with Crippen LogP contribution in [0.1, 0.15) is 45.4 Å². The molecular formula is C20H25ClN2OS. The molecule has 0 spiro atoms. The van der Waals surface area contributed by atoms with Crippen LogP contribution < -0.4 is 5.32 Å². The molecule has 4 rings (SSSR count). The monoisotopic (exact) mass is 376 g/mol. The van der Waals surface area contributed by atoms with Crippen molar-refractivity contribution in [3.8, 4) is 0 Å². The molecule has 25 heavy (non-hydrogen) atoms. The third-order valence-electron chi connectivity index (χ3n) is 6.10. The molecule has 134 valence electrons. The lowest BCUT2D eigenvalue weighted by Crippen LogP contribution is -2.29. The van der Waals surface area contributed by atoms with Gasteiger partial charge >= 0.3 is 0 Å². The molecular weight excluding hydrogens is 352 g/mol. The Labute approximate surface area is 159 Å². The van der Waals surface area contributed by atoms with Crippen LogP contribution in [0, 0.1) is 17.8 Å². The molecule has 1 aromatic rings. The van der Waals surface area contributed by atoms with E-state index in [9.17, 15) is 4.79 Å². The number of nitrogens with one attached hydrogen (secondary N) is 1. The van der Waals surface area contributed by atoms with E-state index in [2.05, 4.69) is 10.3 Å². The Morgan fingerprint density at radius 3 is 2.96 bits per heavy atom. The van der Waals surface area contributed by atoms with Crippen LogP contribution in [-0.4, -0.2) is 22.2 Å². The SMILES string of the molecule is CC1(CCNc2cccc(Cl)c2)SC(CC2CC3CCC2C3)=NC1=O. The zero-order valence-corrected chi connectivity index (χ0v) is 16.2. The summed E-state index contributed by atoms with van der Waals surface area (Å²) in [5.41, 5.74) is 0.995. The van der Waals surface area contributed by atoms with Gasteiger partial charge in [-0.2, -0.15) is 0 Å². The highest BCUT2D eigenvalue weighted by Gasteiger charge is 2.44. The van der Waals surface area contributed by atoms with Crippen molar-refractivity contribution in [3.63, 3.8) is 0 Å². The van der Waals surface area contributed by atoms with Crippen molar-refractivity contribution in [2.24, 2.45) is 22.7 Å². The smallest absolute Gasteiger partial charge is 0.262 e. The lowest BCUT2D eigenvalue weighted by atomic mass is 9.87. The second-order valence-corrected chi connectivity index (χ2v) is 9.98. The van der Waals surface area contributed by atoms with Gasteiger partial charge in [0.15, 0.2) is 0 Å². The first-order chi connectivity index (χ1) is 12.0. The molecule has 3 nitrogen and oxygen atoms in total. The summed E-state index contributed by atoms with van der Waals surface area (Å²) in [7, 11) is 0. The van der Waals surface area contributed by atoms with Gasteiger partial charge in [0.05, 0.1) is 5.04 Å². The molecule has 2 aliphatic carbocycles. The van der Waals surface area contributed by atoms with Gasteiger partial charge in [0.25, 0.3) is 5.91 Å². The highest BCUT2D eigenvalue weighted by atomic mass is 35.5. The van der Waals surface area contributed by atoms with Crippen molar-refractivity contribution >= 4 is 40.0 Å². The molecule has 2 saturated carbocycles. The number of hydrogen-bond donors (Lipinski definition) is 1. The Morgan fingerprint density at radius 2 is 2.24 bits per heavy atom. The first-order valence-corrected chi connectivity index (χ1v) is 10.5. The van der Waals surface area contributed by atoms with Crippen LogP contribution in [0.15, 0.2) is 29.3 Å². The van der Waals surface area contributed by atoms with Gasteiger partial charge in [-0.1, -0.05) is 35.9 Å². The molecule has 2 fully saturated rings. The molecule has 1 heterocycles. The number of thioether (sulfide) groups is 1. The summed E-state index contributed by atoms with van der Waals surface area (Å²) in [6.07, 6.45) is 7.37. The number of nitrogens with zero attached hydrogens (tertiary/aromatic N) is 1. The maximum absolute atomic E-state index is 12.5. The summed E-state index contributed by atoms with van der Waals surface area (Å²) in [5.74, 6) is 2.65. The third kappa shape index (κ3) is 3.75. The Morgan fingerprint density at radius 1 is 1.36 bits per heavy atom. The number of fused-ring (bicyclic) bond motifs is 2. The van der Waals surface area contributed by atoms with E-state index < -0.39 is 4.75 Å². The lowest BCUT2D eigenvalue weighted by molar-refractivity contribution is -0.119. The van der Waals surface area contributed by atoms with E-state index in [1.54, 1.807) is 11.8 Å². The van der Waals surface area contributed by atoms with Crippen LogP contribution in [-0.2, 0) is 4.79 Å². The van der Waals surface area contributed by atoms with E-state index in [0.717, 1.165) is 52.9 Å². The van der Waals surface area contributed by atoms with Crippen molar-refractivity contribution in [2.75, 3.05) is 11.9 Å². The first-order valence-electron chi connectivity index (χ1n) is 9.32. The summed E-state index contributed by atoms with van der Waals surface area (Å²) in [6, 6.07) is 7.69.